The van der Waals surface area contributed by atoms with Crippen LogP contribution in [0.3, 0.4) is 0 Å². The first-order valence-corrected chi connectivity index (χ1v) is 8.06. The van der Waals surface area contributed by atoms with E-state index in [4.69, 9.17) is 0 Å². The first kappa shape index (κ1) is 17.2. The molecule has 0 saturated heterocycles. The van der Waals surface area contributed by atoms with Gasteiger partial charge in [0.1, 0.15) is 0 Å². The summed E-state index contributed by atoms with van der Waals surface area (Å²) in [7, 11) is 0. The van der Waals surface area contributed by atoms with Gasteiger partial charge < -0.3 is 0 Å². The Labute approximate surface area is 130 Å². The second-order valence-corrected chi connectivity index (χ2v) is 5.04. The van der Waals surface area contributed by atoms with Crippen molar-refractivity contribution in [3.05, 3.63) is 83.4 Å². The number of benzene rings is 2. The standard InChI is InChI=1S/C19H22.C2H6/c1-3-10-16(2)15-19(17-11-6-4-7-12-17)18-13-8-5-9-14-18;1-2/h4-14,19H,3,15H2,1-2H3;1-2H3/b16-10+;. The van der Waals surface area contributed by atoms with Crippen LogP contribution in [0, 0.1) is 0 Å². The summed E-state index contributed by atoms with van der Waals surface area (Å²) in [6.45, 7) is 8.44. The minimum atomic E-state index is 0.463. The molecule has 0 aromatic heterocycles. The highest BCUT2D eigenvalue weighted by Crippen LogP contribution is 2.30. The van der Waals surface area contributed by atoms with Crippen LogP contribution in [0.4, 0.5) is 0 Å². The van der Waals surface area contributed by atoms with Gasteiger partial charge in [-0.2, -0.15) is 0 Å². The van der Waals surface area contributed by atoms with Gasteiger partial charge in [-0.05, 0) is 30.9 Å². The van der Waals surface area contributed by atoms with Crippen molar-refractivity contribution in [2.45, 2.75) is 46.5 Å². The van der Waals surface area contributed by atoms with Crippen molar-refractivity contribution in [2.24, 2.45) is 0 Å². The molecule has 0 unspecified atom stereocenters. The van der Waals surface area contributed by atoms with Gasteiger partial charge in [-0.1, -0.05) is 93.1 Å². The summed E-state index contributed by atoms with van der Waals surface area (Å²) in [5.41, 5.74) is 4.27. The van der Waals surface area contributed by atoms with Gasteiger partial charge >= 0.3 is 0 Å². The molecule has 0 nitrogen and oxygen atoms in total. The van der Waals surface area contributed by atoms with E-state index in [-0.39, 0.29) is 0 Å². The summed E-state index contributed by atoms with van der Waals surface area (Å²) < 4.78 is 0. The van der Waals surface area contributed by atoms with Crippen LogP contribution in [0.15, 0.2) is 72.3 Å². The maximum absolute atomic E-state index is 2.33. The minimum absolute atomic E-state index is 0.463. The topological polar surface area (TPSA) is 0 Å². The molecule has 2 aromatic rings. The van der Waals surface area contributed by atoms with Crippen molar-refractivity contribution in [3.8, 4) is 0 Å². The lowest BCUT2D eigenvalue weighted by Crippen LogP contribution is -2.01. The van der Waals surface area contributed by atoms with Gasteiger partial charge in [-0.15, -0.1) is 0 Å². The van der Waals surface area contributed by atoms with Crippen molar-refractivity contribution in [1.29, 1.82) is 0 Å². The first-order chi connectivity index (χ1) is 10.3. The summed E-state index contributed by atoms with van der Waals surface area (Å²) in [5, 5.41) is 0. The van der Waals surface area contributed by atoms with E-state index < -0.39 is 0 Å². The van der Waals surface area contributed by atoms with E-state index >= 15 is 0 Å². The van der Waals surface area contributed by atoms with Crippen LogP contribution in [0.2, 0.25) is 0 Å². The average molecular weight is 280 g/mol. The van der Waals surface area contributed by atoms with Crippen molar-refractivity contribution >= 4 is 0 Å². The number of rotatable bonds is 5. The average Bonchev–Trinajstić information content (AvgIpc) is 2.56. The molecule has 112 valence electrons. The zero-order chi connectivity index (χ0) is 15.5. The lowest BCUT2D eigenvalue weighted by atomic mass is 9.86. The molecule has 0 saturated carbocycles. The Morgan fingerprint density at radius 2 is 1.29 bits per heavy atom. The Hall–Kier alpha value is -1.82. The molecule has 21 heavy (non-hydrogen) atoms. The summed E-state index contributed by atoms with van der Waals surface area (Å²) in [6.07, 6.45) is 4.54. The van der Waals surface area contributed by atoms with E-state index in [1.165, 1.54) is 16.7 Å². The van der Waals surface area contributed by atoms with Crippen molar-refractivity contribution in [3.63, 3.8) is 0 Å². The molecule has 0 aliphatic carbocycles. The molecule has 2 rings (SSSR count). The smallest absolute Gasteiger partial charge is 0.0126 e. The number of hydrogen-bond donors (Lipinski definition) is 0. The molecule has 0 heterocycles. The Kier molecular flexibility index (Phi) is 8.19. The monoisotopic (exact) mass is 280 g/mol. The Morgan fingerprint density at radius 1 is 0.857 bits per heavy atom. The van der Waals surface area contributed by atoms with Gasteiger partial charge in [0, 0.05) is 5.92 Å². The third kappa shape index (κ3) is 5.59. The molecular weight excluding hydrogens is 252 g/mol. The van der Waals surface area contributed by atoms with Crippen LogP contribution in [0.5, 0.6) is 0 Å². The highest BCUT2D eigenvalue weighted by Gasteiger charge is 2.13. The third-order valence-electron chi connectivity index (χ3n) is 3.48. The third-order valence-corrected chi connectivity index (χ3v) is 3.48. The maximum atomic E-state index is 2.33. The Morgan fingerprint density at radius 3 is 1.67 bits per heavy atom. The van der Waals surface area contributed by atoms with E-state index in [0.717, 1.165) is 12.8 Å². The summed E-state index contributed by atoms with van der Waals surface area (Å²) >= 11 is 0. The van der Waals surface area contributed by atoms with Crippen LogP contribution < -0.4 is 0 Å². The second kappa shape index (κ2) is 9.99. The Bertz CT molecular complexity index is 469. The molecule has 0 aliphatic heterocycles. The summed E-state index contributed by atoms with van der Waals surface area (Å²) in [5.74, 6) is 0.463. The predicted molar refractivity (Wildman–Crippen MR) is 94.7 cm³/mol. The van der Waals surface area contributed by atoms with Crippen molar-refractivity contribution in [1.82, 2.24) is 0 Å². The van der Waals surface area contributed by atoms with Gasteiger partial charge in [0.15, 0.2) is 0 Å². The van der Waals surface area contributed by atoms with Gasteiger partial charge in [0.25, 0.3) is 0 Å². The number of hydrogen-bond acceptors (Lipinski definition) is 0. The van der Waals surface area contributed by atoms with Gasteiger partial charge in [-0.25, -0.2) is 0 Å². The highest BCUT2D eigenvalue weighted by molar-refractivity contribution is 5.33. The predicted octanol–water partition coefficient (Wildman–Crippen LogP) is 6.59. The quantitative estimate of drug-likeness (QED) is 0.542. The SMILES string of the molecule is CC.CC/C=C(\C)CC(c1ccccc1)c1ccccc1. The van der Waals surface area contributed by atoms with Gasteiger partial charge in [-0.3, -0.25) is 0 Å². The second-order valence-electron chi connectivity index (χ2n) is 5.04. The van der Waals surface area contributed by atoms with Crippen LogP contribution in [0.1, 0.15) is 57.6 Å². The van der Waals surface area contributed by atoms with Crippen LogP contribution in [-0.2, 0) is 0 Å². The van der Waals surface area contributed by atoms with Gasteiger partial charge in [0.05, 0.1) is 0 Å². The molecule has 2 aromatic carbocycles. The van der Waals surface area contributed by atoms with Crippen LogP contribution in [-0.4, -0.2) is 0 Å². The first-order valence-electron chi connectivity index (χ1n) is 8.06. The van der Waals surface area contributed by atoms with Crippen LogP contribution in [0.25, 0.3) is 0 Å². The summed E-state index contributed by atoms with van der Waals surface area (Å²) in [6, 6.07) is 21.6. The fourth-order valence-electron chi connectivity index (χ4n) is 2.55. The van der Waals surface area contributed by atoms with E-state index in [1.807, 2.05) is 13.8 Å². The minimum Gasteiger partial charge on any atom is -0.0859 e. The fourth-order valence-corrected chi connectivity index (χ4v) is 2.55. The van der Waals surface area contributed by atoms with Crippen molar-refractivity contribution in [2.75, 3.05) is 0 Å². The molecule has 0 amide bonds. The van der Waals surface area contributed by atoms with Gasteiger partial charge in [0.2, 0.25) is 0 Å². The van der Waals surface area contributed by atoms with E-state index in [9.17, 15) is 0 Å². The van der Waals surface area contributed by atoms with E-state index in [0.29, 0.717) is 5.92 Å². The normalized spacial score (nSPS) is 11.0. The molecule has 0 bridgehead atoms. The van der Waals surface area contributed by atoms with E-state index in [1.54, 1.807) is 0 Å². The fraction of sp³-hybridized carbons (Fsp3) is 0.333. The van der Waals surface area contributed by atoms with Crippen LogP contribution >= 0.6 is 0 Å². The highest BCUT2D eigenvalue weighted by atomic mass is 14.2. The Balaban J connectivity index is 0.00000106. The number of allylic oxidation sites excluding steroid dienone is 2. The molecule has 0 fully saturated rings. The zero-order valence-corrected chi connectivity index (χ0v) is 13.8. The molecular formula is C21H28. The lowest BCUT2D eigenvalue weighted by molar-refractivity contribution is 0.791. The maximum Gasteiger partial charge on any atom is 0.0126 e. The largest absolute Gasteiger partial charge is 0.0859 e. The molecule has 0 spiro atoms. The zero-order valence-electron chi connectivity index (χ0n) is 13.8. The molecule has 0 N–H and O–H groups in total. The molecule has 0 atom stereocenters. The molecule has 0 heteroatoms. The molecule has 0 aliphatic rings. The lowest BCUT2D eigenvalue weighted by Gasteiger charge is -2.18. The molecule has 0 radical (unpaired) electrons. The van der Waals surface area contributed by atoms with Crippen molar-refractivity contribution < 1.29 is 0 Å². The van der Waals surface area contributed by atoms with E-state index in [2.05, 4.69) is 80.6 Å². The summed E-state index contributed by atoms with van der Waals surface area (Å²) in [4.78, 5) is 0.